The van der Waals surface area contributed by atoms with E-state index in [1.165, 1.54) is 6.20 Å². The Morgan fingerprint density at radius 3 is 2.19 bits per heavy atom. The van der Waals surface area contributed by atoms with Crippen molar-refractivity contribution in [1.82, 2.24) is 4.98 Å². The number of nitrogens with zero attached hydrogens (tertiary/aromatic N) is 1. The second-order valence-corrected chi connectivity index (χ2v) is 10.9. The molecular weight excluding hydrogens is 370 g/mol. The molecule has 90 valence electrons. The van der Waals surface area contributed by atoms with Crippen LogP contribution in [-0.4, -0.2) is 13.1 Å². The molecule has 0 aromatic carbocycles. The van der Waals surface area contributed by atoms with Crippen LogP contribution in [0, 0.1) is 3.57 Å². The third-order valence-corrected chi connectivity index (χ3v) is 5.11. The first-order valence-electron chi connectivity index (χ1n) is 4.47. The fourth-order valence-corrected chi connectivity index (χ4v) is 4.47. The van der Waals surface area contributed by atoms with Crippen LogP contribution in [0.2, 0.25) is 24.7 Å². The second-order valence-electron chi connectivity index (χ2n) is 4.39. The van der Waals surface area contributed by atoms with Gasteiger partial charge in [0.25, 0.3) is 0 Å². The average molecular weight is 380 g/mol. The Bertz CT molecular complexity index is 414. The maximum atomic E-state index is 12.8. The first-order valence-corrected chi connectivity index (χ1v) is 9.42. The predicted molar refractivity (Wildman–Crippen MR) is 69.9 cm³/mol. The van der Waals surface area contributed by atoms with Crippen LogP contribution < -0.4 is 5.32 Å². The van der Waals surface area contributed by atoms with Crippen LogP contribution in [-0.2, 0) is 6.18 Å². The van der Waals surface area contributed by atoms with E-state index in [2.05, 4.69) is 4.98 Å². The van der Waals surface area contributed by atoms with E-state index < -0.39 is 19.8 Å². The van der Waals surface area contributed by atoms with E-state index in [9.17, 15) is 13.2 Å². The molecule has 1 aromatic heterocycles. The van der Waals surface area contributed by atoms with Gasteiger partial charge in [-0.3, -0.25) is 4.98 Å². The summed E-state index contributed by atoms with van der Waals surface area (Å²) in [6, 6.07) is 0. The molecule has 0 aliphatic carbocycles. The maximum absolute atomic E-state index is 12.8. The molecule has 0 amide bonds. The zero-order valence-corrected chi connectivity index (χ0v) is 12.8. The van der Waals surface area contributed by atoms with E-state index in [1.54, 1.807) is 22.6 Å². The summed E-state index contributed by atoms with van der Waals surface area (Å²) >= 11 is 7.44. The zero-order chi connectivity index (χ0) is 12.7. The summed E-state index contributed by atoms with van der Waals surface area (Å²) in [4.78, 5) is 4.05. The Kier molecular flexibility index (Phi) is 3.96. The topological polar surface area (TPSA) is 12.9 Å². The fourth-order valence-electron chi connectivity index (χ4n) is 1.25. The van der Waals surface area contributed by atoms with E-state index in [1.807, 2.05) is 19.6 Å². The summed E-state index contributed by atoms with van der Waals surface area (Å²) < 4.78 is 38.4. The third-order valence-electron chi connectivity index (χ3n) is 1.97. The van der Waals surface area contributed by atoms with Gasteiger partial charge >= 0.3 is 6.18 Å². The lowest BCUT2D eigenvalue weighted by Crippen LogP contribution is -2.42. The summed E-state index contributed by atoms with van der Waals surface area (Å²) in [5.41, 5.74) is -0.762. The normalized spacial score (nSPS) is 13.0. The second kappa shape index (κ2) is 4.45. The van der Waals surface area contributed by atoms with Crippen molar-refractivity contribution in [2.75, 3.05) is 0 Å². The monoisotopic (exact) mass is 379 g/mol. The molecule has 0 fully saturated rings. The van der Waals surface area contributed by atoms with Crippen molar-refractivity contribution in [1.29, 1.82) is 0 Å². The third kappa shape index (κ3) is 2.89. The van der Waals surface area contributed by atoms with Gasteiger partial charge < -0.3 is 0 Å². The van der Waals surface area contributed by atoms with Gasteiger partial charge in [-0.15, -0.1) is 0 Å². The average Bonchev–Trinajstić information content (AvgIpc) is 1.97. The highest BCUT2D eigenvalue weighted by molar-refractivity contribution is 14.1. The zero-order valence-electron chi connectivity index (χ0n) is 8.91. The minimum atomic E-state index is -4.43. The molecule has 0 radical (unpaired) electrons. The number of pyridine rings is 1. The molecule has 0 saturated heterocycles. The Hall–Kier alpha value is 0.177. The summed E-state index contributed by atoms with van der Waals surface area (Å²) in [6.07, 6.45) is -3.19. The summed E-state index contributed by atoms with van der Waals surface area (Å²) in [7, 11) is -1.96. The van der Waals surface area contributed by atoms with Gasteiger partial charge in [0.15, 0.2) is 0 Å². The highest BCUT2D eigenvalue weighted by Crippen LogP contribution is 2.37. The van der Waals surface area contributed by atoms with Crippen molar-refractivity contribution < 1.29 is 13.2 Å². The van der Waals surface area contributed by atoms with E-state index in [4.69, 9.17) is 11.6 Å². The first kappa shape index (κ1) is 14.2. The lowest BCUT2D eigenvalue weighted by molar-refractivity contribution is -0.138. The van der Waals surface area contributed by atoms with Crippen LogP contribution in [0.4, 0.5) is 13.2 Å². The van der Waals surface area contributed by atoms with Gasteiger partial charge in [-0.2, -0.15) is 13.2 Å². The van der Waals surface area contributed by atoms with Crippen LogP contribution in [0.5, 0.6) is 0 Å². The van der Waals surface area contributed by atoms with E-state index in [0.717, 1.165) is 0 Å². The summed E-state index contributed by atoms with van der Waals surface area (Å²) in [6.45, 7) is 5.73. The molecule has 16 heavy (non-hydrogen) atoms. The van der Waals surface area contributed by atoms with E-state index in [-0.39, 0.29) is 8.59 Å². The Balaban J connectivity index is 3.52. The van der Waals surface area contributed by atoms with Crippen LogP contribution in [0.15, 0.2) is 6.20 Å². The molecule has 0 unspecified atom stereocenters. The van der Waals surface area contributed by atoms with Crippen molar-refractivity contribution in [3.8, 4) is 0 Å². The summed E-state index contributed by atoms with van der Waals surface area (Å²) in [5.74, 6) is 0. The number of rotatable bonds is 1. The molecule has 0 aliphatic rings. The molecule has 0 aliphatic heterocycles. The standard InChI is InChI=1S/C9H10ClF3INSi/c1-16(2,3)8-7(10)6(9(11,12)13)5(14)4-15-8/h4H,1-3H3. The molecule has 0 N–H and O–H groups in total. The quantitative estimate of drug-likeness (QED) is 0.533. The first-order chi connectivity index (χ1) is 7.05. The van der Waals surface area contributed by atoms with Gasteiger partial charge in [-0.1, -0.05) is 31.2 Å². The predicted octanol–water partition coefficient (Wildman–Crippen LogP) is 3.90. The maximum Gasteiger partial charge on any atom is 0.418 e. The Morgan fingerprint density at radius 2 is 1.81 bits per heavy atom. The van der Waals surface area contributed by atoms with Crippen molar-refractivity contribution in [2.45, 2.75) is 25.8 Å². The highest BCUT2D eigenvalue weighted by atomic mass is 127. The van der Waals surface area contributed by atoms with Gasteiger partial charge in [-0.25, -0.2) is 0 Å². The number of halogens is 5. The molecule has 0 bridgehead atoms. The van der Waals surface area contributed by atoms with Crippen LogP contribution in [0.1, 0.15) is 5.56 Å². The molecule has 1 nitrogen and oxygen atoms in total. The van der Waals surface area contributed by atoms with Crippen molar-refractivity contribution >= 4 is 47.6 Å². The smallest absolute Gasteiger partial charge is 0.263 e. The Labute approximate surface area is 112 Å². The number of alkyl halides is 3. The van der Waals surface area contributed by atoms with Gasteiger partial charge in [-0.05, 0) is 22.6 Å². The summed E-state index contributed by atoms with van der Waals surface area (Å²) in [5, 5.41) is 0.167. The largest absolute Gasteiger partial charge is 0.418 e. The number of aromatic nitrogens is 1. The van der Waals surface area contributed by atoms with Gasteiger partial charge in [0.1, 0.15) is 8.07 Å². The molecule has 1 heterocycles. The molecule has 0 spiro atoms. The van der Waals surface area contributed by atoms with Crippen LogP contribution >= 0.6 is 34.2 Å². The molecular formula is C9H10ClF3INSi. The lowest BCUT2D eigenvalue weighted by Gasteiger charge is -2.20. The van der Waals surface area contributed by atoms with Gasteiger partial charge in [0, 0.05) is 15.1 Å². The number of hydrogen-bond acceptors (Lipinski definition) is 1. The SMILES string of the molecule is C[Si](C)(C)c1ncc(I)c(C(F)(F)F)c1Cl. The molecule has 0 saturated carbocycles. The lowest BCUT2D eigenvalue weighted by atomic mass is 10.2. The van der Waals surface area contributed by atoms with Crippen LogP contribution in [0.25, 0.3) is 0 Å². The molecule has 1 aromatic rings. The molecule has 1 rings (SSSR count). The van der Waals surface area contributed by atoms with E-state index in [0.29, 0.717) is 5.32 Å². The van der Waals surface area contributed by atoms with Crippen LogP contribution in [0.3, 0.4) is 0 Å². The Morgan fingerprint density at radius 1 is 1.31 bits per heavy atom. The number of hydrogen-bond donors (Lipinski definition) is 0. The van der Waals surface area contributed by atoms with Crippen molar-refractivity contribution in [2.24, 2.45) is 0 Å². The fraction of sp³-hybridized carbons (Fsp3) is 0.444. The van der Waals surface area contributed by atoms with Gasteiger partial charge in [0.2, 0.25) is 0 Å². The van der Waals surface area contributed by atoms with Crippen molar-refractivity contribution in [3.05, 3.63) is 20.4 Å². The molecule has 7 heteroatoms. The minimum Gasteiger partial charge on any atom is -0.263 e. The minimum absolute atomic E-state index is 0.0390. The highest BCUT2D eigenvalue weighted by Gasteiger charge is 2.38. The van der Waals surface area contributed by atoms with Crippen molar-refractivity contribution in [3.63, 3.8) is 0 Å². The molecule has 0 atom stereocenters. The van der Waals surface area contributed by atoms with E-state index >= 15 is 0 Å². The van der Waals surface area contributed by atoms with Gasteiger partial charge in [0.05, 0.1) is 10.6 Å².